The Bertz CT molecular complexity index is 843. The quantitative estimate of drug-likeness (QED) is 0.408. The van der Waals surface area contributed by atoms with Gasteiger partial charge in [-0.3, -0.25) is 0 Å². The first-order valence-electron chi connectivity index (χ1n) is 8.86. The number of hydrogen-bond donors (Lipinski definition) is 1. The standard InChI is InChI=1S/C19H22ClN5OS/c1-2-11-26-18-9-8-16(20)13-15(18)14-21-10-12-27-19-22-23-24-25(19)17-6-4-3-5-7-17/h3-9,13,21H,2,10-12,14H2,1H3. The highest BCUT2D eigenvalue weighted by Gasteiger charge is 2.09. The van der Waals surface area contributed by atoms with E-state index in [-0.39, 0.29) is 0 Å². The first-order valence-corrected chi connectivity index (χ1v) is 10.2. The highest BCUT2D eigenvalue weighted by atomic mass is 35.5. The van der Waals surface area contributed by atoms with E-state index in [4.69, 9.17) is 16.3 Å². The lowest BCUT2D eigenvalue weighted by molar-refractivity contribution is 0.313. The number of para-hydroxylation sites is 1. The second-order valence-electron chi connectivity index (χ2n) is 5.83. The lowest BCUT2D eigenvalue weighted by Gasteiger charge is -2.12. The summed E-state index contributed by atoms with van der Waals surface area (Å²) in [4.78, 5) is 0. The topological polar surface area (TPSA) is 64.9 Å². The van der Waals surface area contributed by atoms with Crippen LogP contribution in [0.25, 0.3) is 5.69 Å². The number of nitrogens with zero attached hydrogens (tertiary/aromatic N) is 4. The average molecular weight is 404 g/mol. The van der Waals surface area contributed by atoms with Crippen molar-refractivity contribution >= 4 is 23.4 Å². The van der Waals surface area contributed by atoms with Crippen LogP contribution in [0.1, 0.15) is 18.9 Å². The number of nitrogens with one attached hydrogen (secondary N) is 1. The molecule has 0 saturated carbocycles. The lowest BCUT2D eigenvalue weighted by atomic mass is 10.2. The average Bonchev–Trinajstić information content (AvgIpc) is 3.16. The van der Waals surface area contributed by atoms with Gasteiger partial charge in [-0.25, -0.2) is 0 Å². The molecule has 0 fully saturated rings. The van der Waals surface area contributed by atoms with Gasteiger partial charge in [0.1, 0.15) is 5.75 Å². The Hall–Kier alpha value is -2.09. The number of benzene rings is 2. The third-order valence-electron chi connectivity index (χ3n) is 3.75. The molecule has 0 amide bonds. The maximum Gasteiger partial charge on any atom is 0.214 e. The molecular weight excluding hydrogens is 382 g/mol. The minimum absolute atomic E-state index is 0.698. The van der Waals surface area contributed by atoms with E-state index >= 15 is 0 Å². The number of halogens is 1. The zero-order chi connectivity index (χ0) is 18.9. The van der Waals surface area contributed by atoms with Crippen LogP contribution in [0.4, 0.5) is 0 Å². The Balaban J connectivity index is 1.49. The number of ether oxygens (including phenoxy) is 1. The number of thioether (sulfide) groups is 1. The van der Waals surface area contributed by atoms with Crippen LogP contribution in [-0.4, -0.2) is 39.1 Å². The molecule has 0 unspecified atom stereocenters. The predicted molar refractivity (Wildman–Crippen MR) is 109 cm³/mol. The van der Waals surface area contributed by atoms with E-state index in [1.54, 1.807) is 16.4 Å². The van der Waals surface area contributed by atoms with Gasteiger partial charge in [0.25, 0.3) is 0 Å². The highest BCUT2D eigenvalue weighted by Crippen LogP contribution is 2.23. The van der Waals surface area contributed by atoms with Crippen molar-refractivity contribution in [2.24, 2.45) is 0 Å². The Morgan fingerprint density at radius 1 is 1.19 bits per heavy atom. The van der Waals surface area contributed by atoms with Crippen LogP contribution in [0.2, 0.25) is 5.02 Å². The van der Waals surface area contributed by atoms with E-state index in [0.717, 1.165) is 40.9 Å². The minimum Gasteiger partial charge on any atom is -0.493 e. The first-order chi connectivity index (χ1) is 13.3. The van der Waals surface area contributed by atoms with Crippen LogP contribution in [0, 0.1) is 0 Å². The molecule has 0 aliphatic heterocycles. The predicted octanol–water partition coefficient (Wildman–Crippen LogP) is 3.99. The van der Waals surface area contributed by atoms with Crippen molar-refractivity contribution in [1.29, 1.82) is 0 Å². The van der Waals surface area contributed by atoms with Gasteiger partial charge in [0, 0.05) is 29.4 Å². The Kier molecular flexibility index (Phi) is 7.50. The van der Waals surface area contributed by atoms with Gasteiger partial charge in [-0.2, -0.15) is 4.68 Å². The molecule has 3 rings (SSSR count). The van der Waals surface area contributed by atoms with Crippen LogP contribution in [0.5, 0.6) is 5.75 Å². The molecule has 142 valence electrons. The van der Waals surface area contributed by atoms with Gasteiger partial charge in [0.2, 0.25) is 5.16 Å². The molecule has 27 heavy (non-hydrogen) atoms. The third-order valence-corrected chi connectivity index (χ3v) is 4.91. The minimum atomic E-state index is 0.698. The molecule has 0 bridgehead atoms. The molecule has 1 N–H and O–H groups in total. The molecule has 1 aromatic heterocycles. The van der Waals surface area contributed by atoms with Gasteiger partial charge in [0.15, 0.2) is 0 Å². The van der Waals surface area contributed by atoms with Crippen molar-refractivity contribution in [3.63, 3.8) is 0 Å². The van der Waals surface area contributed by atoms with E-state index < -0.39 is 0 Å². The summed E-state index contributed by atoms with van der Waals surface area (Å²) >= 11 is 7.73. The van der Waals surface area contributed by atoms with Gasteiger partial charge in [-0.15, -0.1) is 5.10 Å². The summed E-state index contributed by atoms with van der Waals surface area (Å²) < 4.78 is 7.54. The van der Waals surface area contributed by atoms with Crippen LogP contribution in [0.3, 0.4) is 0 Å². The van der Waals surface area contributed by atoms with E-state index in [0.29, 0.717) is 18.2 Å². The second-order valence-corrected chi connectivity index (χ2v) is 7.33. The van der Waals surface area contributed by atoms with Crippen molar-refractivity contribution in [2.75, 3.05) is 18.9 Å². The zero-order valence-corrected chi connectivity index (χ0v) is 16.7. The van der Waals surface area contributed by atoms with Crippen LogP contribution in [-0.2, 0) is 6.54 Å². The number of rotatable bonds is 10. The third kappa shape index (κ3) is 5.69. The summed E-state index contributed by atoms with van der Waals surface area (Å²) in [6.45, 7) is 4.30. The van der Waals surface area contributed by atoms with Gasteiger partial charge in [0.05, 0.1) is 12.3 Å². The molecule has 8 heteroatoms. The molecule has 0 spiro atoms. The molecule has 3 aromatic rings. The molecule has 0 aliphatic carbocycles. The van der Waals surface area contributed by atoms with Crippen molar-refractivity contribution in [2.45, 2.75) is 25.0 Å². The van der Waals surface area contributed by atoms with Crippen molar-refractivity contribution in [3.8, 4) is 11.4 Å². The Morgan fingerprint density at radius 3 is 2.85 bits per heavy atom. The summed E-state index contributed by atoms with van der Waals surface area (Å²) in [7, 11) is 0. The van der Waals surface area contributed by atoms with E-state index in [2.05, 4.69) is 27.8 Å². The molecular formula is C19H22ClN5OS. The normalized spacial score (nSPS) is 10.9. The first kappa shape index (κ1) is 19.7. The second kappa shape index (κ2) is 10.3. The summed E-state index contributed by atoms with van der Waals surface area (Å²) in [5.41, 5.74) is 2.02. The van der Waals surface area contributed by atoms with E-state index in [1.165, 1.54) is 0 Å². The molecule has 0 radical (unpaired) electrons. The Morgan fingerprint density at radius 2 is 2.04 bits per heavy atom. The maximum atomic E-state index is 6.12. The van der Waals surface area contributed by atoms with Crippen molar-refractivity contribution in [3.05, 3.63) is 59.1 Å². The SMILES string of the molecule is CCCOc1ccc(Cl)cc1CNCCSc1nnnn1-c1ccccc1. The molecule has 0 aliphatic rings. The van der Waals surface area contributed by atoms with Crippen molar-refractivity contribution in [1.82, 2.24) is 25.5 Å². The summed E-state index contributed by atoms with van der Waals surface area (Å²) in [5, 5.41) is 16.9. The number of aromatic nitrogens is 4. The van der Waals surface area contributed by atoms with Gasteiger partial charge in [-0.1, -0.05) is 48.5 Å². The molecule has 2 aromatic carbocycles. The smallest absolute Gasteiger partial charge is 0.214 e. The van der Waals surface area contributed by atoms with Gasteiger partial charge in [-0.05, 0) is 47.2 Å². The summed E-state index contributed by atoms with van der Waals surface area (Å²) in [5.74, 6) is 1.73. The molecule has 1 heterocycles. The van der Waals surface area contributed by atoms with Gasteiger partial charge < -0.3 is 10.1 Å². The highest BCUT2D eigenvalue weighted by molar-refractivity contribution is 7.99. The largest absolute Gasteiger partial charge is 0.493 e. The number of hydrogen-bond acceptors (Lipinski definition) is 6. The Labute approximate surface area is 168 Å². The van der Waals surface area contributed by atoms with Crippen LogP contribution in [0.15, 0.2) is 53.7 Å². The fourth-order valence-electron chi connectivity index (χ4n) is 2.48. The summed E-state index contributed by atoms with van der Waals surface area (Å²) in [6.07, 6.45) is 0.974. The monoisotopic (exact) mass is 403 g/mol. The molecule has 6 nitrogen and oxygen atoms in total. The maximum absolute atomic E-state index is 6.12. The van der Waals surface area contributed by atoms with Crippen LogP contribution < -0.4 is 10.1 Å². The lowest BCUT2D eigenvalue weighted by Crippen LogP contribution is -2.17. The fraction of sp³-hybridized carbons (Fsp3) is 0.316. The van der Waals surface area contributed by atoms with Gasteiger partial charge >= 0.3 is 0 Å². The van der Waals surface area contributed by atoms with Crippen LogP contribution >= 0.6 is 23.4 Å². The summed E-state index contributed by atoms with van der Waals surface area (Å²) in [6, 6.07) is 15.6. The molecule has 0 saturated heterocycles. The van der Waals surface area contributed by atoms with E-state index in [9.17, 15) is 0 Å². The van der Waals surface area contributed by atoms with Crippen molar-refractivity contribution < 1.29 is 4.74 Å². The number of tetrazole rings is 1. The zero-order valence-electron chi connectivity index (χ0n) is 15.1. The van der Waals surface area contributed by atoms with E-state index in [1.807, 2.05) is 48.5 Å². The fourth-order valence-corrected chi connectivity index (χ4v) is 3.46. The molecule has 0 atom stereocenters.